The summed E-state index contributed by atoms with van der Waals surface area (Å²) in [5, 5.41) is 0. The van der Waals surface area contributed by atoms with Gasteiger partial charge in [-0.05, 0) is 13.3 Å². The van der Waals surface area contributed by atoms with E-state index in [1.54, 1.807) is 6.92 Å². The van der Waals surface area contributed by atoms with E-state index in [0.717, 1.165) is 6.42 Å². The second kappa shape index (κ2) is 8.05. The van der Waals surface area contributed by atoms with Crippen LogP contribution < -0.4 is 0 Å². The summed E-state index contributed by atoms with van der Waals surface area (Å²) in [4.78, 5) is 10.9. The number of carbonyl (C=O) groups excluding carboxylic acids is 1. The van der Waals surface area contributed by atoms with Gasteiger partial charge in [0.15, 0.2) is 6.10 Å². The topological polar surface area (TPSA) is 35.5 Å². The molecular formula is C10H20O3. The number of hydrogen-bond donors (Lipinski definition) is 0. The molecular weight excluding hydrogens is 168 g/mol. The van der Waals surface area contributed by atoms with Gasteiger partial charge in [0.1, 0.15) is 0 Å². The zero-order valence-electron chi connectivity index (χ0n) is 8.84. The van der Waals surface area contributed by atoms with Crippen molar-refractivity contribution in [2.45, 2.75) is 45.6 Å². The second-order valence-corrected chi connectivity index (χ2v) is 3.10. The number of carbonyl (C=O) groups is 1. The van der Waals surface area contributed by atoms with E-state index in [2.05, 4.69) is 11.7 Å². The lowest BCUT2D eigenvalue weighted by molar-refractivity contribution is -0.152. The first-order valence-corrected chi connectivity index (χ1v) is 4.91. The molecule has 1 unspecified atom stereocenters. The third-order valence-electron chi connectivity index (χ3n) is 1.90. The van der Waals surface area contributed by atoms with Crippen LogP contribution in [0.3, 0.4) is 0 Å². The summed E-state index contributed by atoms with van der Waals surface area (Å²) in [6.07, 6.45) is 4.22. The molecule has 78 valence electrons. The number of ether oxygens (including phenoxy) is 2. The van der Waals surface area contributed by atoms with Gasteiger partial charge in [0.2, 0.25) is 0 Å². The molecule has 0 N–H and O–H groups in total. The fourth-order valence-corrected chi connectivity index (χ4v) is 1.02. The average Bonchev–Trinajstić information content (AvgIpc) is 2.16. The number of hydrogen-bond acceptors (Lipinski definition) is 3. The van der Waals surface area contributed by atoms with Gasteiger partial charge in [0.05, 0.1) is 7.11 Å². The van der Waals surface area contributed by atoms with Crippen LogP contribution in [0.1, 0.15) is 39.5 Å². The molecule has 0 aromatic carbocycles. The smallest absolute Gasteiger partial charge is 0.334 e. The van der Waals surface area contributed by atoms with Gasteiger partial charge < -0.3 is 9.47 Å². The van der Waals surface area contributed by atoms with Crippen molar-refractivity contribution in [2.24, 2.45) is 0 Å². The lowest BCUT2D eigenvalue weighted by atomic mass is 10.2. The quantitative estimate of drug-likeness (QED) is 0.453. The number of methoxy groups -OCH3 is 1. The van der Waals surface area contributed by atoms with Crippen LogP contribution in [-0.2, 0) is 14.3 Å². The van der Waals surface area contributed by atoms with Crippen molar-refractivity contribution in [1.82, 2.24) is 0 Å². The minimum atomic E-state index is -0.424. The molecule has 0 fully saturated rings. The van der Waals surface area contributed by atoms with Crippen LogP contribution >= 0.6 is 0 Å². The van der Waals surface area contributed by atoms with Crippen molar-refractivity contribution in [2.75, 3.05) is 13.7 Å². The van der Waals surface area contributed by atoms with Crippen LogP contribution in [0, 0.1) is 0 Å². The van der Waals surface area contributed by atoms with Crippen molar-refractivity contribution >= 4 is 5.97 Å². The minimum Gasteiger partial charge on any atom is -0.467 e. The molecule has 3 nitrogen and oxygen atoms in total. The van der Waals surface area contributed by atoms with Crippen molar-refractivity contribution < 1.29 is 14.3 Å². The highest BCUT2D eigenvalue weighted by Crippen LogP contribution is 2.01. The predicted octanol–water partition coefficient (Wildman–Crippen LogP) is 2.14. The lowest BCUT2D eigenvalue weighted by Gasteiger charge is -2.09. The van der Waals surface area contributed by atoms with Crippen molar-refractivity contribution in [3.8, 4) is 0 Å². The fraction of sp³-hybridized carbons (Fsp3) is 0.900. The Morgan fingerprint density at radius 1 is 1.31 bits per heavy atom. The van der Waals surface area contributed by atoms with Crippen LogP contribution in [0.2, 0.25) is 0 Å². The monoisotopic (exact) mass is 188 g/mol. The molecule has 13 heavy (non-hydrogen) atoms. The van der Waals surface area contributed by atoms with E-state index in [4.69, 9.17) is 4.74 Å². The highest BCUT2D eigenvalue weighted by Gasteiger charge is 2.12. The molecule has 0 rings (SSSR count). The number of esters is 1. The number of unbranched alkanes of at least 4 members (excludes halogenated alkanes) is 3. The fourth-order valence-electron chi connectivity index (χ4n) is 1.02. The van der Waals surface area contributed by atoms with E-state index < -0.39 is 6.10 Å². The van der Waals surface area contributed by atoms with Crippen molar-refractivity contribution in [1.29, 1.82) is 0 Å². The Labute approximate surface area is 80.4 Å². The Morgan fingerprint density at radius 3 is 2.54 bits per heavy atom. The van der Waals surface area contributed by atoms with Crippen LogP contribution in [0.25, 0.3) is 0 Å². The largest absolute Gasteiger partial charge is 0.467 e. The maximum atomic E-state index is 10.9. The predicted molar refractivity (Wildman–Crippen MR) is 51.6 cm³/mol. The second-order valence-electron chi connectivity index (χ2n) is 3.10. The Kier molecular flexibility index (Phi) is 7.69. The Bertz CT molecular complexity index is 134. The van der Waals surface area contributed by atoms with Gasteiger partial charge in [-0.1, -0.05) is 26.2 Å². The first-order chi connectivity index (χ1) is 6.22. The van der Waals surface area contributed by atoms with Crippen molar-refractivity contribution in [3.05, 3.63) is 0 Å². The molecule has 0 saturated heterocycles. The van der Waals surface area contributed by atoms with Gasteiger partial charge in [-0.25, -0.2) is 4.79 Å². The lowest BCUT2D eigenvalue weighted by Crippen LogP contribution is -2.22. The molecule has 0 radical (unpaired) electrons. The summed E-state index contributed by atoms with van der Waals surface area (Å²) in [5.74, 6) is -0.296. The molecule has 0 amide bonds. The SMILES string of the molecule is CCCCCCOC(C)C(=O)OC. The van der Waals surface area contributed by atoms with Crippen LogP contribution in [0.15, 0.2) is 0 Å². The van der Waals surface area contributed by atoms with Crippen LogP contribution in [0.5, 0.6) is 0 Å². The standard InChI is InChI=1S/C10H20O3/c1-4-5-6-7-8-13-9(2)10(11)12-3/h9H,4-8H2,1-3H3. The van der Waals surface area contributed by atoms with Gasteiger partial charge in [0, 0.05) is 6.61 Å². The molecule has 0 aliphatic heterocycles. The molecule has 0 aromatic heterocycles. The normalized spacial score (nSPS) is 12.5. The maximum absolute atomic E-state index is 10.9. The van der Waals surface area contributed by atoms with Crippen LogP contribution in [0.4, 0.5) is 0 Å². The molecule has 0 bridgehead atoms. The molecule has 0 spiro atoms. The van der Waals surface area contributed by atoms with E-state index >= 15 is 0 Å². The molecule has 0 heterocycles. The Morgan fingerprint density at radius 2 is 2.00 bits per heavy atom. The summed E-state index contributed by atoms with van der Waals surface area (Å²) in [7, 11) is 1.37. The molecule has 0 saturated carbocycles. The van der Waals surface area contributed by atoms with Gasteiger partial charge in [-0.2, -0.15) is 0 Å². The third kappa shape index (κ3) is 6.58. The van der Waals surface area contributed by atoms with Gasteiger partial charge in [-0.3, -0.25) is 0 Å². The van der Waals surface area contributed by atoms with E-state index in [0.29, 0.717) is 6.61 Å². The summed E-state index contributed by atoms with van der Waals surface area (Å²) >= 11 is 0. The average molecular weight is 188 g/mol. The highest BCUT2D eigenvalue weighted by atomic mass is 16.6. The van der Waals surface area contributed by atoms with E-state index in [-0.39, 0.29) is 5.97 Å². The minimum absolute atomic E-state index is 0.296. The van der Waals surface area contributed by atoms with E-state index in [9.17, 15) is 4.79 Å². The van der Waals surface area contributed by atoms with Gasteiger partial charge in [0.25, 0.3) is 0 Å². The first kappa shape index (κ1) is 12.4. The van der Waals surface area contributed by atoms with Gasteiger partial charge in [-0.15, -0.1) is 0 Å². The summed E-state index contributed by atoms with van der Waals surface area (Å²) in [6, 6.07) is 0. The molecule has 0 aromatic rings. The molecule has 3 heteroatoms. The van der Waals surface area contributed by atoms with Crippen LogP contribution in [-0.4, -0.2) is 25.8 Å². The van der Waals surface area contributed by atoms with E-state index in [1.165, 1.54) is 26.4 Å². The Hall–Kier alpha value is -0.570. The molecule has 0 aliphatic rings. The van der Waals surface area contributed by atoms with Gasteiger partial charge >= 0.3 is 5.97 Å². The van der Waals surface area contributed by atoms with E-state index in [1.807, 2.05) is 0 Å². The third-order valence-corrected chi connectivity index (χ3v) is 1.90. The zero-order valence-corrected chi connectivity index (χ0v) is 8.84. The molecule has 1 atom stereocenters. The number of rotatable bonds is 7. The summed E-state index contributed by atoms with van der Waals surface area (Å²) in [6.45, 7) is 4.53. The maximum Gasteiger partial charge on any atom is 0.334 e. The highest BCUT2D eigenvalue weighted by molar-refractivity contribution is 5.73. The zero-order chi connectivity index (χ0) is 10.1. The molecule has 0 aliphatic carbocycles. The Balaban J connectivity index is 3.26. The summed E-state index contributed by atoms with van der Waals surface area (Å²) in [5.41, 5.74) is 0. The summed E-state index contributed by atoms with van der Waals surface area (Å²) < 4.78 is 9.79. The van der Waals surface area contributed by atoms with Crippen molar-refractivity contribution in [3.63, 3.8) is 0 Å². The first-order valence-electron chi connectivity index (χ1n) is 4.91.